The summed E-state index contributed by atoms with van der Waals surface area (Å²) in [6.45, 7) is 9.42. The third-order valence-corrected chi connectivity index (χ3v) is 12.4. The number of ether oxygens (including phenoxy) is 3. The number of unbranched alkanes of at least 4 members (excludes halogenated alkanes) is 40. The molecule has 60 heavy (non-hydrogen) atoms. The van der Waals surface area contributed by atoms with E-state index in [-0.39, 0.29) is 18.5 Å². The van der Waals surface area contributed by atoms with E-state index < -0.39 is 6.10 Å². The number of carbonyl (C=O) groups is 2. The Bertz CT molecular complexity index is 858. The number of hydrogen-bond donors (Lipinski definition) is 0. The highest BCUT2D eigenvalue weighted by Gasteiger charge is 2.17. The quantitative estimate of drug-likeness (QED) is 0.0347. The lowest BCUT2D eigenvalue weighted by Crippen LogP contribution is -2.30. The van der Waals surface area contributed by atoms with E-state index in [4.69, 9.17) is 14.2 Å². The maximum absolute atomic E-state index is 12.8. The van der Waals surface area contributed by atoms with Crippen molar-refractivity contribution < 1.29 is 23.8 Å². The van der Waals surface area contributed by atoms with Crippen molar-refractivity contribution in [3.05, 3.63) is 12.7 Å². The molecule has 0 aromatic carbocycles. The highest BCUT2D eigenvalue weighted by Crippen LogP contribution is 2.17. The summed E-state index contributed by atoms with van der Waals surface area (Å²) in [5.74, 6) is -0.374. The van der Waals surface area contributed by atoms with Crippen LogP contribution in [0.25, 0.3) is 0 Å². The first-order valence-corrected chi connectivity index (χ1v) is 27.2. The minimum Gasteiger partial charge on any atom is -0.462 e. The van der Waals surface area contributed by atoms with Gasteiger partial charge in [-0.1, -0.05) is 264 Å². The van der Waals surface area contributed by atoms with Crippen LogP contribution in [0.2, 0.25) is 0 Å². The highest BCUT2D eigenvalue weighted by atomic mass is 16.6. The Morgan fingerprint density at radius 1 is 0.383 bits per heavy atom. The number of carbonyl (C=O) groups excluding carboxylic acids is 2. The van der Waals surface area contributed by atoms with Gasteiger partial charge in [-0.3, -0.25) is 9.59 Å². The molecule has 1 atom stereocenters. The van der Waals surface area contributed by atoms with Gasteiger partial charge in [-0.25, -0.2) is 0 Å². The monoisotopic (exact) mass is 847 g/mol. The van der Waals surface area contributed by atoms with E-state index in [2.05, 4.69) is 20.4 Å². The fourth-order valence-corrected chi connectivity index (χ4v) is 8.38. The number of rotatable bonds is 52. The van der Waals surface area contributed by atoms with E-state index in [1.54, 1.807) is 0 Å². The van der Waals surface area contributed by atoms with Crippen molar-refractivity contribution in [2.75, 3.05) is 19.8 Å². The van der Waals surface area contributed by atoms with Gasteiger partial charge in [0.2, 0.25) is 0 Å². The van der Waals surface area contributed by atoms with E-state index in [9.17, 15) is 9.59 Å². The second-order valence-electron chi connectivity index (χ2n) is 18.6. The third kappa shape index (κ3) is 49.3. The molecular formula is C55H106O5. The Morgan fingerprint density at radius 3 is 1.03 bits per heavy atom. The molecule has 1 unspecified atom stereocenters. The van der Waals surface area contributed by atoms with Crippen molar-refractivity contribution in [3.63, 3.8) is 0 Å². The molecule has 0 aromatic rings. The molecule has 0 saturated carbocycles. The van der Waals surface area contributed by atoms with Gasteiger partial charge in [0.05, 0.1) is 6.61 Å². The summed E-state index contributed by atoms with van der Waals surface area (Å²) in [6.07, 6.45) is 58.3. The van der Waals surface area contributed by atoms with Crippen LogP contribution in [0.1, 0.15) is 303 Å². The lowest BCUT2D eigenvalue weighted by atomic mass is 10.0. The molecule has 0 aromatic heterocycles. The van der Waals surface area contributed by atoms with Gasteiger partial charge in [0, 0.05) is 19.4 Å². The largest absolute Gasteiger partial charge is 0.462 e. The van der Waals surface area contributed by atoms with Gasteiger partial charge in [0.15, 0.2) is 6.10 Å². The summed E-state index contributed by atoms with van der Waals surface area (Å²) in [5, 5.41) is 0. The molecule has 0 aliphatic rings. The molecule has 5 heteroatoms. The number of esters is 2. The van der Waals surface area contributed by atoms with E-state index >= 15 is 0 Å². The summed E-state index contributed by atoms with van der Waals surface area (Å²) < 4.78 is 17.5. The maximum Gasteiger partial charge on any atom is 0.306 e. The lowest BCUT2D eigenvalue weighted by Gasteiger charge is -2.18. The molecule has 0 fully saturated rings. The Morgan fingerprint density at radius 2 is 0.683 bits per heavy atom. The van der Waals surface area contributed by atoms with Crippen LogP contribution in [0.3, 0.4) is 0 Å². The van der Waals surface area contributed by atoms with Crippen LogP contribution in [-0.2, 0) is 23.8 Å². The van der Waals surface area contributed by atoms with Crippen molar-refractivity contribution in [2.24, 2.45) is 0 Å². The molecule has 0 bridgehead atoms. The molecule has 0 amide bonds. The summed E-state index contributed by atoms with van der Waals surface area (Å²) >= 11 is 0. The van der Waals surface area contributed by atoms with Crippen molar-refractivity contribution >= 4 is 11.9 Å². The van der Waals surface area contributed by atoms with Gasteiger partial charge in [0.25, 0.3) is 0 Å². The van der Waals surface area contributed by atoms with Gasteiger partial charge in [0.1, 0.15) is 6.61 Å². The first kappa shape index (κ1) is 58.6. The predicted molar refractivity (Wildman–Crippen MR) is 261 cm³/mol. The zero-order valence-corrected chi connectivity index (χ0v) is 40.8. The van der Waals surface area contributed by atoms with Crippen LogP contribution in [0, 0.1) is 0 Å². The van der Waals surface area contributed by atoms with Gasteiger partial charge >= 0.3 is 11.9 Å². The second kappa shape index (κ2) is 52.0. The molecule has 0 N–H and O–H groups in total. The van der Waals surface area contributed by atoms with Crippen LogP contribution < -0.4 is 0 Å². The molecule has 0 saturated heterocycles. The van der Waals surface area contributed by atoms with Gasteiger partial charge in [-0.15, -0.1) is 6.58 Å². The summed E-state index contributed by atoms with van der Waals surface area (Å²) in [5.41, 5.74) is 0. The summed E-state index contributed by atoms with van der Waals surface area (Å²) in [7, 11) is 0. The Hall–Kier alpha value is -1.36. The molecule has 0 heterocycles. The average molecular weight is 847 g/mol. The van der Waals surface area contributed by atoms with E-state index in [1.807, 2.05) is 6.08 Å². The maximum atomic E-state index is 12.8. The zero-order valence-electron chi connectivity index (χ0n) is 40.8. The van der Waals surface area contributed by atoms with Crippen LogP contribution in [0.5, 0.6) is 0 Å². The summed E-state index contributed by atoms with van der Waals surface area (Å²) in [4.78, 5) is 25.4. The van der Waals surface area contributed by atoms with Crippen LogP contribution >= 0.6 is 0 Å². The minimum atomic E-state index is -0.526. The molecule has 356 valence electrons. The smallest absolute Gasteiger partial charge is 0.306 e. The molecule has 0 aliphatic carbocycles. The first-order valence-electron chi connectivity index (χ1n) is 27.2. The lowest BCUT2D eigenvalue weighted by molar-refractivity contribution is -0.163. The van der Waals surface area contributed by atoms with Crippen molar-refractivity contribution in [2.45, 2.75) is 309 Å². The van der Waals surface area contributed by atoms with E-state index in [0.29, 0.717) is 26.1 Å². The molecule has 0 aliphatic heterocycles. The Balaban J connectivity index is 4.18. The van der Waals surface area contributed by atoms with Crippen molar-refractivity contribution in [1.82, 2.24) is 0 Å². The fraction of sp³-hybridized carbons (Fsp3) is 0.927. The Labute approximate surface area is 375 Å². The Kier molecular flexibility index (Phi) is 50.8. The summed E-state index contributed by atoms with van der Waals surface area (Å²) in [6, 6.07) is 0. The third-order valence-electron chi connectivity index (χ3n) is 12.4. The normalized spacial score (nSPS) is 11.9. The SMILES string of the molecule is C=CCCCCCCCCCCCCCCCCOCC(COC(=O)CCCCCCCCCCCCCCCCC)OC(=O)CCCCCCCCCCCCCCC. The first-order chi connectivity index (χ1) is 29.6. The molecular weight excluding hydrogens is 741 g/mol. The number of allylic oxidation sites excluding steroid dienone is 1. The molecule has 5 nitrogen and oxygen atoms in total. The van der Waals surface area contributed by atoms with Crippen LogP contribution in [0.15, 0.2) is 12.7 Å². The van der Waals surface area contributed by atoms with E-state index in [1.165, 1.54) is 244 Å². The van der Waals surface area contributed by atoms with Crippen LogP contribution in [-0.4, -0.2) is 37.9 Å². The predicted octanol–water partition coefficient (Wildman–Crippen LogP) is 18.2. The number of hydrogen-bond acceptors (Lipinski definition) is 5. The standard InChI is InChI=1S/C55H106O5/c1-4-7-10-13-16-19-22-25-27-29-32-35-38-41-44-47-50-58-51-53(60-55(57)49-46-43-40-37-34-30-24-21-18-15-12-9-6-3)52-59-54(56)48-45-42-39-36-33-31-28-26-23-20-17-14-11-8-5-2/h4,53H,1,5-52H2,2-3H3. The van der Waals surface area contributed by atoms with E-state index in [0.717, 1.165) is 32.1 Å². The molecule has 0 rings (SSSR count). The van der Waals surface area contributed by atoms with Gasteiger partial charge < -0.3 is 14.2 Å². The minimum absolute atomic E-state index is 0.0949. The second-order valence-corrected chi connectivity index (χ2v) is 18.6. The average Bonchev–Trinajstić information content (AvgIpc) is 3.25. The molecule has 0 radical (unpaired) electrons. The van der Waals surface area contributed by atoms with Gasteiger partial charge in [-0.05, 0) is 32.1 Å². The van der Waals surface area contributed by atoms with Crippen LogP contribution in [0.4, 0.5) is 0 Å². The fourth-order valence-electron chi connectivity index (χ4n) is 8.38. The zero-order chi connectivity index (χ0) is 43.5. The van der Waals surface area contributed by atoms with Crippen molar-refractivity contribution in [3.8, 4) is 0 Å². The van der Waals surface area contributed by atoms with Gasteiger partial charge in [-0.2, -0.15) is 0 Å². The van der Waals surface area contributed by atoms with Crippen molar-refractivity contribution in [1.29, 1.82) is 0 Å². The topological polar surface area (TPSA) is 61.8 Å². The highest BCUT2D eigenvalue weighted by molar-refractivity contribution is 5.70. The molecule has 0 spiro atoms.